The zero-order valence-electron chi connectivity index (χ0n) is 11.9. The molecule has 6 heteroatoms. The van der Waals surface area contributed by atoms with Crippen LogP contribution in [0.1, 0.15) is 24.5 Å². The summed E-state index contributed by atoms with van der Waals surface area (Å²) in [6.45, 7) is 5.87. The highest BCUT2D eigenvalue weighted by Gasteiger charge is 2.17. The second kappa shape index (κ2) is 7.28. The lowest BCUT2D eigenvalue weighted by Crippen LogP contribution is -2.39. The molecule has 2 N–H and O–H groups in total. The zero-order chi connectivity index (χ0) is 15.3. The number of carbonyl (C=O) groups is 2. The maximum absolute atomic E-state index is 12.2. The highest BCUT2D eigenvalue weighted by atomic mass is 79.9. The fraction of sp³-hybridized carbons (Fsp3) is 0.429. The zero-order valence-corrected chi connectivity index (χ0v) is 13.5. The molecule has 1 aromatic carbocycles. The van der Waals surface area contributed by atoms with Crippen molar-refractivity contribution in [2.45, 2.75) is 27.2 Å². The molecule has 20 heavy (non-hydrogen) atoms. The molecule has 0 spiro atoms. The average Bonchev–Trinajstić information content (AvgIpc) is 2.32. The number of carboxylic acids is 1. The van der Waals surface area contributed by atoms with E-state index in [1.165, 1.54) is 4.90 Å². The molecule has 0 atom stereocenters. The quantitative estimate of drug-likeness (QED) is 0.861. The van der Waals surface area contributed by atoms with Gasteiger partial charge < -0.3 is 15.3 Å². The van der Waals surface area contributed by atoms with Gasteiger partial charge in [0.25, 0.3) is 0 Å². The van der Waals surface area contributed by atoms with Crippen LogP contribution in [0.2, 0.25) is 0 Å². The number of nitrogens with zero attached hydrogens (tertiary/aromatic N) is 1. The summed E-state index contributed by atoms with van der Waals surface area (Å²) in [5, 5.41) is 11.6. The number of benzene rings is 1. The van der Waals surface area contributed by atoms with Gasteiger partial charge in [0.2, 0.25) is 0 Å². The third kappa shape index (κ3) is 4.52. The minimum Gasteiger partial charge on any atom is -0.480 e. The Kier molecular flexibility index (Phi) is 6.01. The number of carboxylic acid groups (broad SMARTS) is 1. The van der Waals surface area contributed by atoms with E-state index in [1.54, 1.807) is 0 Å². The van der Waals surface area contributed by atoms with E-state index in [1.807, 2.05) is 32.9 Å². The topological polar surface area (TPSA) is 69.6 Å². The van der Waals surface area contributed by atoms with Crippen LogP contribution >= 0.6 is 15.9 Å². The smallest absolute Gasteiger partial charge is 0.323 e. The van der Waals surface area contributed by atoms with Crippen LogP contribution in [-0.2, 0) is 4.79 Å². The first-order chi connectivity index (χ1) is 9.35. The average molecular weight is 343 g/mol. The van der Waals surface area contributed by atoms with E-state index >= 15 is 0 Å². The lowest BCUT2D eigenvalue weighted by Gasteiger charge is -2.21. The van der Waals surface area contributed by atoms with Crippen molar-refractivity contribution in [1.29, 1.82) is 0 Å². The molecular weight excluding hydrogens is 324 g/mol. The number of hydrogen-bond acceptors (Lipinski definition) is 2. The summed E-state index contributed by atoms with van der Waals surface area (Å²) < 4.78 is 0.787. The Labute approximate surface area is 127 Å². The summed E-state index contributed by atoms with van der Waals surface area (Å²) in [5.74, 6) is -1.02. The van der Waals surface area contributed by atoms with Crippen molar-refractivity contribution >= 4 is 33.6 Å². The number of halogens is 1. The van der Waals surface area contributed by atoms with Crippen LogP contribution in [0.3, 0.4) is 0 Å². The van der Waals surface area contributed by atoms with E-state index in [-0.39, 0.29) is 6.54 Å². The minimum atomic E-state index is -1.02. The predicted octanol–water partition coefficient (Wildman–Crippen LogP) is 3.39. The van der Waals surface area contributed by atoms with E-state index < -0.39 is 12.0 Å². The Morgan fingerprint density at radius 1 is 1.35 bits per heavy atom. The first-order valence-electron chi connectivity index (χ1n) is 6.39. The molecule has 0 aliphatic rings. The number of anilines is 1. The molecule has 0 aromatic heterocycles. The maximum atomic E-state index is 12.2. The molecule has 0 aliphatic carbocycles. The molecule has 0 unspecified atom stereocenters. The van der Waals surface area contributed by atoms with Gasteiger partial charge in [0.05, 0.1) is 5.69 Å². The van der Waals surface area contributed by atoms with Gasteiger partial charge in [0, 0.05) is 11.0 Å². The van der Waals surface area contributed by atoms with Crippen LogP contribution in [0.15, 0.2) is 16.6 Å². The van der Waals surface area contributed by atoms with Gasteiger partial charge >= 0.3 is 12.0 Å². The van der Waals surface area contributed by atoms with Crippen molar-refractivity contribution in [3.8, 4) is 0 Å². The Balaban J connectivity index is 2.90. The van der Waals surface area contributed by atoms with E-state index in [0.717, 1.165) is 15.6 Å². The summed E-state index contributed by atoms with van der Waals surface area (Å²) in [4.78, 5) is 24.2. The number of hydrogen-bond donors (Lipinski definition) is 2. The summed E-state index contributed by atoms with van der Waals surface area (Å²) in [7, 11) is 0. The highest BCUT2D eigenvalue weighted by Crippen LogP contribution is 2.28. The lowest BCUT2D eigenvalue weighted by molar-refractivity contribution is -0.137. The number of nitrogens with one attached hydrogen (secondary N) is 1. The molecule has 1 rings (SSSR count). The lowest BCUT2D eigenvalue weighted by atomic mass is 10.1. The second-order valence-corrected chi connectivity index (χ2v) is 5.54. The Hall–Kier alpha value is -1.56. The van der Waals surface area contributed by atoms with Gasteiger partial charge in [-0.2, -0.15) is 0 Å². The van der Waals surface area contributed by atoms with Gasteiger partial charge in [0.1, 0.15) is 6.54 Å². The first kappa shape index (κ1) is 16.5. The van der Waals surface area contributed by atoms with Crippen molar-refractivity contribution in [3.63, 3.8) is 0 Å². The molecular formula is C14H19BrN2O3. The van der Waals surface area contributed by atoms with E-state index in [2.05, 4.69) is 21.2 Å². The van der Waals surface area contributed by atoms with Gasteiger partial charge in [-0.05, 0) is 53.4 Å². The molecule has 1 aromatic rings. The monoisotopic (exact) mass is 342 g/mol. The number of rotatable bonds is 5. The molecule has 0 bridgehead atoms. The van der Waals surface area contributed by atoms with Gasteiger partial charge in [-0.25, -0.2) is 4.79 Å². The Morgan fingerprint density at radius 2 is 2.00 bits per heavy atom. The molecule has 0 fully saturated rings. The van der Waals surface area contributed by atoms with Gasteiger partial charge in [0.15, 0.2) is 0 Å². The van der Waals surface area contributed by atoms with E-state index in [9.17, 15) is 9.59 Å². The van der Waals surface area contributed by atoms with Crippen LogP contribution in [-0.4, -0.2) is 35.1 Å². The van der Waals surface area contributed by atoms with E-state index in [0.29, 0.717) is 18.7 Å². The summed E-state index contributed by atoms with van der Waals surface area (Å²) >= 11 is 3.42. The number of amides is 2. The third-order valence-electron chi connectivity index (χ3n) is 2.77. The van der Waals surface area contributed by atoms with Crippen molar-refractivity contribution < 1.29 is 14.7 Å². The number of carbonyl (C=O) groups excluding carboxylic acids is 1. The van der Waals surface area contributed by atoms with Crippen molar-refractivity contribution in [2.75, 3.05) is 18.4 Å². The number of aliphatic carboxylic acids is 1. The molecule has 2 amide bonds. The molecule has 110 valence electrons. The summed E-state index contributed by atoms with van der Waals surface area (Å²) in [5.41, 5.74) is 2.69. The van der Waals surface area contributed by atoms with Gasteiger partial charge in [-0.1, -0.05) is 13.0 Å². The molecule has 0 aliphatic heterocycles. The molecule has 0 radical (unpaired) electrons. The second-order valence-electron chi connectivity index (χ2n) is 4.68. The largest absolute Gasteiger partial charge is 0.480 e. The summed E-state index contributed by atoms with van der Waals surface area (Å²) in [6.07, 6.45) is 0.703. The van der Waals surface area contributed by atoms with Gasteiger partial charge in [-0.15, -0.1) is 0 Å². The highest BCUT2D eigenvalue weighted by molar-refractivity contribution is 9.10. The maximum Gasteiger partial charge on any atom is 0.323 e. The van der Waals surface area contributed by atoms with Crippen LogP contribution in [0.4, 0.5) is 10.5 Å². The Morgan fingerprint density at radius 3 is 2.50 bits per heavy atom. The van der Waals surface area contributed by atoms with Crippen molar-refractivity contribution in [2.24, 2.45) is 0 Å². The fourth-order valence-electron chi connectivity index (χ4n) is 1.95. The number of aryl methyl sites for hydroxylation is 2. The molecule has 0 saturated heterocycles. The SMILES string of the molecule is CCCN(CC(=O)O)C(=O)Nc1c(C)cc(C)cc1Br. The van der Waals surface area contributed by atoms with Crippen LogP contribution in [0, 0.1) is 13.8 Å². The van der Waals surface area contributed by atoms with Crippen LogP contribution < -0.4 is 5.32 Å². The minimum absolute atomic E-state index is 0.303. The predicted molar refractivity (Wildman–Crippen MR) is 82.1 cm³/mol. The van der Waals surface area contributed by atoms with Crippen molar-refractivity contribution in [1.82, 2.24) is 4.90 Å². The normalized spacial score (nSPS) is 10.2. The molecule has 0 heterocycles. The van der Waals surface area contributed by atoms with Gasteiger partial charge in [-0.3, -0.25) is 4.79 Å². The van der Waals surface area contributed by atoms with Crippen LogP contribution in [0.5, 0.6) is 0 Å². The van der Waals surface area contributed by atoms with E-state index in [4.69, 9.17) is 5.11 Å². The molecule has 0 saturated carbocycles. The van der Waals surface area contributed by atoms with Crippen LogP contribution in [0.25, 0.3) is 0 Å². The third-order valence-corrected chi connectivity index (χ3v) is 3.40. The standard InChI is InChI=1S/C14H19BrN2O3/c1-4-5-17(8-12(18)19)14(20)16-13-10(3)6-9(2)7-11(13)15/h6-7H,4-5,8H2,1-3H3,(H,16,20)(H,18,19). The number of urea groups is 1. The Bertz CT molecular complexity index is 494. The first-order valence-corrected chi connectivity index (χ1v) is 7.19. The summed E-state index contributed by atoms with van der Waals surface area (Å²) in [6, 6.07) is 3.47. The fourth-order valence-corrected chi connectivity index (χ4v) is 2.72. The van der Waals surface area contributed by atoms with Crippen molar-refractivity contribution in [3.05, 3.63) is 27.7 Å². The molecule has 5 nitrogen and oxygen atoms in total.